The second-order valence-electron chi connectivity index (χ2n) is 12.0. The van der Waals surface area contributed by atoms with Gasteiger partial charge in [-0.2, -0.15) is 26.3 Å². The minimum atomic E-state index is -5.02. The van der Waals surface area contributed by atoms with Crippen molar-refractivity contribution < 1.29 is 40.3 Å². The third kappa shape index (κ3) is 5.75. The number of alkyl halides is 6. The summed E-state index contributed by atoms with van der Waals surface area (Å²) in [5, 5.41) is 0. The van der Waals surface area contributed by atoms with Crippen molar-refractivity contribution in [3.8, 4) is 0 Å². The molecule has 2 aromatic rings. The predicted octanol–water partition coefficient (Wildman–Crippen LogP) is 6.93. The molecule has 13 heteroatoms. The van der Waals surface area contributed by atoms with Crippen LogP contribution >= 0.6 is 0 Å². The average molecular weight is 629 g/mol. The second kappa shape index (κ2) is 11.5. The quantitative estimate of drug-likeness (QED) is 0.345. The van der Waals surface area contributed by atoms with Crippen molar-refractivity contribution in [3.05, 3.63) is 70.0 Å². The number of piperidine rings is 1. The first-order valence-electron chi connectivity index (χ1n) is 14.7. The van der Waals surface area contributed by atoms with Gasteiger partial charge in [0.15, 0.2) is 0 Å². The number of piperazine rings is 1. The number of rotatable bonds is 4. The van der Waals surface area contributed by atoms with Crippen LogP contribution < -0.4 is 0 Å². The van der Waals surface area contributed by atoms with Gasteiger partial charge in [-0.3, -0.25) is 9.69 Å². The molecule has 0 bridgehead atoms. The van der Waals surface area contributed by atoms with Gasteiger partial charge in [-0.15, -0.1) is 0 Å². The molecule has 3 fully saturated rings. The van der Waals surface area contributed by atoms with Crippen molar-refractivity contribution in [2.24, 2.45) is 0 Å². The van der Waals surface area contributed by atoms with Gasteiger partial charge in [0.1, 0.15) is 11.5 Å². The maximum atomic E-state index is 14.4. The monoisotopic (exact) mass is 628 g/mol. The lowest BCUT2D eigenvalue weighted by atomic mass is 9.83. The maximum absolute atomic E-state index is 14.4. The number of amides is 3. The number of hydrogen-bond donors (Lipinski definition) is 0. The second-order valence-corrected chi connectivity index (χ2v) is 12.0. The summed E-state index contributed by atoms with van der Waals surface area (Å²) >= 11 is 0. The Kier molecular flexibility index (Phi) is 8.41. The molecular formula is C31H35F7N4O2. The number of aryl methyl sites for hydroxylation is 1. The minimum absolute atomic E-state index is 0.0599. The standard InChI is InChI=1S/C31H35F7N4O2/c1-19-14-24(32)6-8-26(19)29(40-12-13-41-25(18-40)7-9-27(41)43)10-4-5-11-42(29)28(44)39(3)20(2)21-15-22(30(33,34)35)17-23(16-21)31(36,37)38/h6,8,14-17,20,25H,4-5,7,9-13,18H2,1-3H3/t20-,25+,29-/m1/s1. The number of carbonyl (C=O) groups is 2. The van der Waals surface area contributed by atoms with Crippen LogP contribution in [-0.4, -0.2) is 70.8 Å². The van der Waals surface area contributed by atoms with E-state index in [0.29, 0.717) is 68.6 Å². The largest absolute Gasteiger partial charge is 0.416 e. The summed E-state index contributed by atoms with van der Waals surface area (Å²) in [6, 6.07) is 3.94. The van der Waals surface area contributed by atoms with E-state index in [1.165, 1.54) is 31.0 Å². The number of benzene rings is 2. The van der Waals surface area contributed by atoms with E-state index in [-0.39, 0.29) is 30.1 Å². The molecule has 44 heavy (non-hydrogen) atoms. The fourth-order valence-corrected chi connectivity index (χ4v) is 7.07. The van der Waals surface area contributed by atoms with Gasteiger partial charge < -0.3 is 14.7 Å². The molecule has 5 rings (SSSR count). The van der Waals surface area contributed by atoms with Crippen molar-refractivity contribution in [1.82, 2.24) is 19.6 Å². The number of carbonyl (C=O) groups excluding carboxylic acids is 2. The van der Waals surface area contributed by atoms with E-state index in [2.05, 4.69) is 4.90 Å². The topological polar surface area (TPSA) is 47.1 Å². The number of urea groups is 1. The molecule has 0 saturated carbocycles. The third-order valence-electron chi connectivity index (χ3n) is 9.45. The normalized spacial score (nSPS) is 24.0. The van der Waals surface area contributed by atoms with Crippen molar-refractivity contribution in [1.29, 1.82) is 0 Å². The molecule has 0 radical (unpaired) electrons. The molecule has 6 nitrogen and oxygen atoms in total. The highest BCUT2D eigenvalue weighted by molar-refractivity contribution is 5.79. The van der Waals surface area contributed by atoms with Crippen LogP contribution in [0.5, 0.6) is 0 Å². The Labute approximate surface area is 251 Å². The Hall–Kier alpha value is -3.35. The summed E-state index contributed by atoms with van der Waals surface area (Å²) < 4.78 is 96.0. The highest BCUT2D eigenvalue weighted by atomic mass is 19.4. The van der Waals surface area contributed by atoms with E-state index in [1.807, 2.05) is 4.90 Å². The molecule has 3 saturated heterocycles. The van der Waals surface area contributed by atoms with Crippen LogP contribution in [0, 0.1) is 12.7 Å². The van der Waals surface area contributed by atoms with Crippen molar-refractivity contribution in [2.75, 3.05) is 33.2 Å². The molecular weight excluding hydrogens is 593 g/mol. The lowest BCUT2D eigenvalue weighted by Gasteiger charge is -2.57. The van der Waals surface area contributed by atoms with Crippen molar-refractivity contribution in [2.45, 2.75) is 76.1 Å². The van der Waals surface area contributed by atoms with E-state index in [9.17, 15) is 40.3 Å². The van der Waals surface area contributed by atoms with Crippen LogP contribution in [0.1, 0.15) is 72.9 Å². The summed E-state index contributed by atoms with van der Waals surface area (Å²) in [5.41, 5.74) is -2.96. The smallest absolute Gasteiger partial charge is 0.337 e. The SMILES string of the molecule is Cc1cc(F)ccc1[C@@]1(N2CCN3C(=O)CC[C@H]3C2)CCCCN1C(=O)N(C)[C@H](C)c1cc(C(F)(F)F)cc(C(F)(F)F)c1. The molecule has 240 valence electrons. The van der Waals surface area contributed by atoms with Gasteiger partial charge in [0.05, 0.1) is 17.2 Å². The molecule has 0 aliphatic carbocycles. The zero-order valence-corrected chi connectivity index (χ0v) is 24.7. The lowest BCUT2D eigenvalue weighted by molar-refractivity contribution is -0.143. The van der Waals surface area contributed by atoms with E-state index >= 15 is 0 Å². The van der Waals surface area contributed by atoms with E-state index in [4.69, 9.17) is 0 Å². The van der Waals surface area contributed by atoms with Gasteiger partial charge in [-0.25, -0.2) is 9.18 Å². The fourth-order valence-electron chi connectivity index (χ4n) is 7.07. The highest BCUT2D eigenvalue weighted by Crippen LogP contribution is 2.45. The van der Waals surface area contributed by atoms with Gasteiger partial charge in [-0.1, -0.05) is 6.07 Å². The molecule has 3 aliphatic rings. The van der Waals surface area contributed by atoms with E-state index in [0.717, 1.165) is 6.42 Å². The van der Waals surface area contributed by atoms with Gasteiger partial charge in [0, 0.05) is 45.7 Å². The molecule has 3 aliphatic heterocycles. The number of halogens is 7. The zero-order chi connectivity index (χ0) is 32.2. The Morgan fingerprint density at radius 2 is 1.64 bits per heavy atom. The molecule has 0 unspecified atom stereocenters. The first-order chi connectivity index (χ1) is 20.5. The van der Waals surface area contributed by atoms with Crippen LogP contribution in [0.3, 0.4) is 0 Å². The fraction of sp³-hybridized carbons (Fsp3) is 0.548. The first-order valence-corrected chi connectivity index (χ1v) is 14.7. The lowest BCUT2D eigenvalue weighted by Crippen LogP contribution is -2.68. The summed E-state index contributed by atoms with van der Waals surface area (Å²) in [6.45, 7) is 4.77. The van der Waals surface area contributed by atoms with Crippen molar-refractivity contribution in [3.63, 3.8) is 0 Å². The number of nitrogens with zero attached hydrogens (tertiary/aromatic N) is 4. The Morgan fingerprint density at radius 1 is 0.977 bits per heavy atom. The number of likely N-dealkylation sites (tertiary alicyclic amines) is 1. The Bertz CT molecular complexity index is 1400. The summed E-state index contributed by atoms with van der Waals surface area (Å²) in [6.07, 6.45) is -7.12. The molecule has 3 heterocycles. The molecule has 2 aromatic carbocycles. The van der Waals surface area contributed by atoms with Gasteiger partial charge >= 0.3 is 18.4 Å². The van der Waals surface area contributed by atoms with E-state index in [1.54, 1.807) is 17.9 Å². The molecule has 0 N–H and O–H groups in total. The number of fused-ring (bicyclic) bond motifs is 1. The van der Waals surface area contributed by atoms with Crippen molar-refractivity contribution >= 4 is 11.9 Å². The third-order valence-corrected chi connectivity index (χ3v) is 9.45. The van der Waals surface area contributed by atoms with E-state index < -0.39 is 47.0 Å². The minimum Gasteiger partial charge on any atom is -0.337 e. The summed E-state index contributed by atoms with van der Waals surface area (Å²) in [7, 11) is 1.37. The van der Waals surface area contributed by atoms with Crippen LogP contribution in [0.25, 0.3) is 0 Å². The maximum Gasteiger partial charge on any atom is 0.416 e. The van der Waals surface area contributed by atoms with Crippen LogP contribution in [0.15, 0.2) is 36.4 Å². The van der Waals surface area contributed by atoms with Crippen LogP contribution in [0.2, 0.25) is 0 Å². The Balaban J connectivity index is 1.56. The first kappa shape index (κ1) is 32.1. The molecule has 3 amide bonds. The zero-order valence-electron chi connectivity index (χ0n) is 24.7. The van der Waals surface area contributed by atoms with Gasteiger partial charge in [-0.05, 0) is 86.6 Å². The predicted molar refractivity (Wildman–Crippen MR) is 148 cm³/mol. The highest BCUT2D eigenvalue weighted by Gasteiger charge is 2.52. The molecule has 3 atom stereocenters. The molecule has 0 aromatic heterocycles. The Morgan fingerprint density at radius 3 is 2.25 bits per heavy atom. The summed E-state index contributed by atoms with van der Waals surface area (Å²) in [4.78, 5) is 33.6. The summed E-state index contributed by atoms with van der Waals surface area (Å²) in [5.74, 6) is -0.372. The van der Waals surface area contributed by atoms with Gasteiger partial charge in [0.25, 0.3) is 0 Å². The van der Waals surface area contributed by atoms with Crippen LogP contribution in [-0.2, 0) is 22.8 Å². The molecule has 0 spiro atoms. The van der Waals surface area contributed by atoms with Crippen LogP contribution in [0.4, 0.5) is 35.5 Å². The average Bonchev–Trinajstić information content (AvgIpc) is 3.34. The van der Waals surface area contributed by atoms with Gasteiger partial charge in [0.2, 0.25) is 5.91 Å². The number of hydrogen-bond acceptors (Lipinski definition) is 3.